The third-order valence-corrected chi connectivity index (χ3v) is 4.39. The van der Waals surface area contributed by atoms with Crippen LogP contribution in [0.2, 0.25) is 0 Å². The van der Waals surface area contributed by atoms with E-state index in [2.05, 4.69) is 10.2 Å². The maximum Gasteiger partial charge on any atom is 0.331 e. The second kappa shape index (κ2) is 8.57. The van der Waals surface area contributed by atoms with Crippen LogP contribution >= 0.6 is 0 Å². The summed E-state index contributed by atoms with van der Waals surface area (Å²) in [5.74, 6) is 0.173. The molecule has 0 unspecified atom stereocenters. The standard InChI is InChI=1S/C23H20N4O3/c1-16-8-10-18(11-9-16)23-19(14-27(26-23)20-6-4-3-5-7-20)12-13-22(28)29-15-21-25-24-17(2)30-21/h3-14H,15H2,1-2H3/b13-12+. The molecule has 2 aromatic carbocycles. The molecule has 0 spiro atoms. The highest BCUT2D eigenvalue weighted by Gasteiger charge is 2.11. The van der Waals surface area contributed by atoms with Crippen LogP contribution in [0.1, 0.15) is 22.9 Å². The van der Waals surface area contributed by atoms with Crippen molar-refractivity contribution in [3.05, 3.63) is 89.8 Å². The number of aryl methyl sites for hydroxylation is 2. The number of nitrogens with zero attached hydrogens (tertiary/aromatic N) is 4. The van der Waals surface area contributed by atoms with Crippen molar-refractivity contribution in [3.8, 4) is 16.9 Å². The molecule has 0 fully saturated rings. The molecular formula is C23H20N4O3. The zero-order valence-electron chi connectivity index (χ0n) is 16.6. The predicted molar refractivity (Wildman–Crippen MR) is 112 cm³/mol. The number of hydrogen-bond acceptors (Lipinski definition) is 6. The topological polar surface area (TPSA) is 83.0 Å². The number of para-hydroxylation sites is 1. The highest BCUT2D eigenvalue weighted by molar-refractivity contribution is 5.88. The van der Waals surface area contributed by atoms with Gasteiger partial charge in [-0.15, -0.1) is 10.2 Å². The van der Waals surface area contributed by atoms with E-state index in [9.17, 15) is 4.79 Å². The molecule has 0 aliphatic carbocycles. The minimum absolute atomic E-state index is 0.0713. The van der Waals surface area contributed by atoms with Crippen LogP contribution in [0.3, 0.4) is 0 Å². The fraction of sp³-hybridized carbons (Fsp3) is 0.130. The van der Waals surface area contributed by atoms with Gasteiger partial charge in [0.2, 0.25) is 5.89 Å². The van der Waals surface area contributed by atoms with Gasteiger partial charge in [-0.05, 0) is 25.1 Å². The number of ether oxygens (including phenoxy) is 1. The molecule has 2 heterocycles. The lowest BCUT2D eigenvalue weighted by molar-refractivity contribution is -0.139. The molecule has 0 bridgehead atoms. The summed E-state index contributed by atoms with van der Waals surface area (Å²) in [6, 6.07) is 17.9. The number of rotatable bonds is 6. The maximum atomic E-state index is 12.1. The second-order valence-electron chi connectivity index (χ2n) is 6.74. The number of esters is 1. The van der Waals surface area contributed by atoms with E-state index in [0.29, 0.717) is 5.89 Å². The van der Waals surface area contributed by atoms with E-state index < -0.39 is 5.97 Å². The first kappa shape index (κ1) is 19.3. The Labute approximate surface area is 173 Å². The minimum atomic E-state index is -0.506. The molecule has 7 nitrogen and oxygen atoms in total. The van der Waals surface area contributed by atoms with E-state index in [0.717, 1.165) is 28.1 Å². The lowest BCUT2D eigenvalue weighted by Crippen LogP contribution is -2.01. The molecule has 0 saturated carbocycles. The molecule has 0 N–H and O–H groups in total. The van der Waals surface area contributed by atoms with Gasteiger partial charge in [-0.25, -0.2) is 9.48 Å². The van der Waals surface area contributed by atoms with Crippen molar-refractivity contribution in [2.75, 3.05) is 0 Å². The predicted octanol–water partition coefficient (Wildman–Crippen LogP) is 4.30. The molecule has 0 amide bonds. The van der Waals surface area contributed by atoms with E-state index in [1.54, 1.807) is 17.7 Å². The van der Waals surface area contributed by atoms with Crippen LogP contribution in [0.15, 0.2) is 71.3 Å². The van der Waals surface area contributed by atoms with Crippen molar-refractivity contribution < 1.29 is 13.9 Å². The maximum absolute atomic E-state index is 12.1. The molecule has 150 valence electrons. The van der Waals surface area contributed by atoms with Crippen molar-refractivity contribution in [3.63, 3.8) is 0 Å². The number of hydrogen-bond donors (Lipinski definition) is 0. The Morgan fingerprint density at radius 3 is 2.53 bits per heavy atom. The third kappa shape index (κ3) is 4.52. The van der Waals surface area contributed by atoms with Gasteiger partial charge in [-0.3, -0.25) is 0 Å². The normalized spacial score (nSPS) is 11.1. The summed E-state index contributed by atoms with van der Waals surface area (Å²) in [6.07, 6.45) is 4.95. The summed E-state index contributed by atoms with van der Waals surface area (Å²) in [5.41, 5.74) is 4.63. The Bertz CT molecular complexity index is 1170. The van der Waals surface area contributed by atoms with Crippen LogP contribution in [-0.4, -0.2) is 25.9 Å². The highest BCUT2D eigenvalue weighted by Crippen LogP contribution is 2.25. The zero-order valence-corrected chi connectivity index (χ0v) is 16.6. The Balaban J connectivity index is 1.58. The molecule has 0 saturated heterocycles. The van der Waals surface area contributed by atoms with Crippen LogP contribution < -0.4 is 0 Å². The average molecular weight is 400 g/mol. The van der Waals surface area contributed by atoms with Gasteiger partial charge in [-0.2, -0.15) is 5.10 Å². The first-order valence-corrected chi connectivity index (χ1v) is 9.44. The van der Waals surface area contributed by atoms with Gasteiger partial charge in [0.05, 0.1) is 11.4 Å². The molecule has 2 aromatic heterocycles. The number of aromatic nitrogens is 4. The summed E-state index contributed by atoms with van der Waals surface area (Å²) in [5, 5.41) is 12.2. The van der Waals surface area contributed by atoms with Gasteiger partial charge < -0.3 is 9.15 Å². The van der Waals surface area contributed by atoms with Crippen molar-refractivity contribution in [1.82, 2.24) is 20.0 Å². The number of carbonyl (C=O) groups is 1. The highest BCUT2D eigenvalue weighted by atomic mass is 16.5. The Morgan fingerprint density at radius 2 is 1.83 bits per heavy atom. The van der Waals surface area contributed by atoms with Gasteiger partial charge in [0, 0.05) is 30.3 Å². The third-order valence-electron chi connectivity index (χ3n) is 4.39. The molecule has 0 aliphatic rings. The van der Waals surface area contributed by atoms with Gasteiger partial charge in [-0.1, -0.05) is 48.0 Å². The molecule has 4 aromatic rings. The van der Waals surface area contributed by atoms with Crippen molar-refractivity contribution in [2.45, 2.75) is 20.5 Å². The molecular weight excluding hydrogens is 380 g/mol. The quantitative estimate of drug-likeness (QED) is 0.355. The first-order chi connectivity index (χ1) is 14.6. The largest absolute Gasteiger partial charge is 0.452 e. The SMILES string of the molecule is Cc1ccc(-c2nn(-c3ccccc3)cc2/C=C/C(=O)OCc2nnc(C)o2)cc1. The summed E-state index contributed by atoms with van der Waals surface area (Å²) >= 11 is 0. The van der Waals surface area contributed by atoms with Crippen LogP contribution in [-0.2, 0) is 16.1 Å². The fourth-order valence-electron chi connectivity index (χ4n) is 2.89. The zero-order chi connectivity index (χ0) is 20.9. The lowest BCUT2D eigenvalue weighted by atomic mass is 10.1. The lowest BCUT2D eigenvalue weighted by Gasteiger charge is -2.01. The van der Waals surface area contributed by atoms with Crippen molar-refractivity contribution in [1.29, 1.82) is 0 Å². The number of benzene rings is 2. The molecule has 4 rings (SSSR count). The minimum Gasteiger partial charge on any atom is -0.452 e. The Morgan fingerprint density at radius 1 is 1.07 bits per heavy atom. The van der Waals surface area contributed by atoms with Crippen LogP contribution in [0.25, 0.3) is 23.0 Å². The molecule has 7 heteroatoms. The molecule has 0 aliphatic heterocycles. The first-order valence-electron chi connectivity index (χ1n) is 9.44. The van der Waals surface area contributed by atoms with Gasteiger partial charge in [0.15, 0.2) is 6.61 Å². The van der Waals surface area contributed by atoms with E-state index >= 15 is 0 Å². The Hall–Kier alpha value is -4.00. The van der Waals surface area contributed by atoms with E-state index in [4.69, 9.17) is 14.3 Å². The van der Waals surface area contributed by atoms with Crippen molar-refractivity contribution >= 4 is 12.0 Å². The summed E-state index contributed by atoms with van der Waals surface area (Å²) < 4.78 is 12.2. The summed E-state index contributed by atoms with van der Waals surface area (Å²) in [4.78, 5) is 12.1. The van der Waals surface area contributed by atoms with Crippen LogP contribution in [0.5, 0.6) is 0 Å². The van der Waals surface area contributed by atoms with Gasteiger partial charge in [0.25, 0.3) is 5.89 Å². The van der Waals surface area contributed by atoms with Gasteiger partial charge >= 0.3 is 5.97 Å². The number of carbonyl (C=O) groups excluding carboxylic acids is 1. The smallest absolute Gasteiger partial charge is 0.331 e. The van der Waals surface area contributed by atoms with Crippen molar-refractivity contribution in [2.24, 2.45) is 0 Å². The average Bonchev–Trinajstić information content (AvgIpc) is 3.38. The second-order valence-corrected chi connectivity index (χ2v) is 6.74. The van der Waals surface area contributed by atoms with E-state index in [1.807, 2.05) is 67.7 Å². The fourth-order valence-corrected chi connectivity index (χ4v) is 2.89. The molecule has 0 radical (unpaired) electrons. The monoisotopic (exact) mass is 400 g/mol. The van der Waals surface area contributed by atoms with Crippen LogP contribution in [0.4, 0.5) is 0 Å². The summed E-state index contributed by atoms with van der Waals surface area (Å²) in [7, 11) is 0. The molecule has 0 atom stereocenters. The van der Waals surface area contributed by atoms with Gasteiger partial charge in [0.1, 0.15) is 0 Å². The Kier molecular flexibility index (Phi) is 5.52. The van der Waals surface area contributed by atoms with Crippen LogP contribution in [0, 0.1) is 13.8 Å². The van der Waals surface area contributed by atoms with E-state index in [1.165, 1.54) is 6.08 Å². The summed E-state index contributed by atoms with van der Waals surface area (Å²) in [6.45, 7) is 3.64. The van der Waals surface area contributed by atoms with E-state index in [-0.39, 0.29) is 12.5 Å². The molecule has 30 heavy (non-hydrogen) atoms.